The number of allylic oxidation sites excluding steroid dienone is 1. The fourth-order valence-electron chi connectivity index (χ4n) is 2.09. The van der Waals surface area contributed by atoms with Crippen molar-refractivity contribution in [3.05, 3.63) is 72.8 Å². The van der Waals surface area contributed by atoms with E-state index in [-0.39, 0.29) is 0 Å². The Bertz CT molecular complexity index is 698. The highest BCUT2D eigenvalue weighted by Crippen LogP contribution is 2.37. The van der Waals surface area contributed by atoms with E-state index in [1.807, 2.05) is 42.5 Å². The molecule has 1 aromatic heterocycles. The Labute approximate surface area is 116 Å². The second-order valence-corrected chi connectivity index (χ2v) is 5.32. The van der Waals surface area contributed by atoms with Crippen LogP contribution in [0.3, 0.4) is 0 Å². The van der Waals surface area contributed by atoms with E-state index in [0.29, 0.717) is 0 Å². The zero-order chi connectivity index (χ0) is 13.1. The van der Waals surface area contributed by atoms with E-state index in [4.69, 9.17) is 4.42 Å². The molecule has 0 aliphatic rings. The lowest BCUT2D eigenvalue weighted by molar-refractivity contribution is 0.508. The van der Waals surface area contributed by atoms with E-state index in [1.165, 1.54) is 15.8 Å². The lowest BCUT2D eigenvalue weighted by Gasteiger charge is -2.00. The second kappa shape index (κ2) is 5.37. The molecule has 0 spiro atoms. The molecule has 0 aliphatic carbocycles. The molecular formula is C17H14OS. The predicted octanol–water partition coefficient (Wildman–Crippen LogP) is 5.31. The van der Waals surface area contributed by atoms with Crippen molar-refractivity contribution in [3.63, 3.8) is 0 Å². The van der Waals surface area contributed by atoms with Crippen molar-refractivity contribution < 1.29 is 4.42 Å². The van der Waals surface area contributed by atoms with Gasteiger partial charge in [0.1, 0.15) is 5.58 Å². The van der Waals surface area contributed by atoms with Gasteiger partial charge in [-0.2, -0.15) is 0 Å². The summed E-state index contributed by atoms with van der Waals surface area (Å²) in [4.78, 5) is 1.19. The van der Waals surface area contributed by atoms with Crippen LogP contribution in [0.25, 0.3) is 11.0 Å². The Morgan fingerprint density at radius 3 is 2.53 bits per heavy atom. The maximum atomic E-state index is 5.97. The summed E-state index contributed by atoms with van der Waals surface area (Å²) in [6.07, 6.45) is 2.75. The SMILES string of the molecule is C=CCc1c(Sc2ccccc2)oc2ccccc12. The first-order valence-corrected chi connectivity index (χ1v) is 7.04. The fourth-order valence-corrected chi connectivity index (χ4v) is 3.05. The van der Waals surface area contributed by atoms with Crippen LogP contribution in [0, 0.1) is 0 Å². The minimum absolute atomic E-state index is 0.826. The van der Waals surface area contributed by atoms with Crippen molar-refractivity contribution in [2.45, 2.75) is 16.4 Å². The Hall–Kier alpha value is -1.93. The van der Waals surface area contributed by atoms with Crippen molar-refractivity contribution in [1.29, 1.82) is 0 Å². The van der Waals surface area contributed by atoms with E-state index >= 15 is 0 Å². The zero-order valence-corrected chi connectivity index (χ0v) is 11.3. The number of benzene rings is 2. The molecule has 0 fully saturated rings. The van der Waals surface area contributed by atoms with Crippen LogP contribution < -0.4 is 0 Å². The third kappa shape index (κ3) is 2.45. The number of hydrogen-bond donors (Lipinski definition) is 0. The molecular weight excluding hydrogens is 252 g/mol. The molecule has 2 aromatic carbocycles. The first-order valence-electron chi connectivity index (χ1n) is 6.22. The first kappa shape index (κ1) is 12.1. The van der Waals surface area contributed by atoms with Gasteiger partial charge in [-0.05, 0) is 24.6 Å². The number of fused-ring (bicyclic) bond motifs is 1. The van der Waals surface area contributed by atoms with Gasteiger partial charge in [-0.3, -0.25) is 0 Å². The summed E-state index contributed by atoms with van der Waals surface area (Å²) in [6.45, 7) is 3.84. The molecule has 3 rings (SSSR count). The molecule has 0 saturated carbocycles. The third-order valence-electron chi connectivity index (χ3n) is 2.96. The quantitative estimate of drug-likeness (QED) is 0.593. The van der Waals surface area contributed by atoms with Gasteiger partial charge in [0.05, 0.1) is 0 Å². The smallest absolute Gasteiger partial charge is 0.169 e. The van der Waals surface area contributed by atoms with Crippen LogP contribution in [0.4, 0.5) is 0 Å². The maximum Gasteiger partial charge on any atom is 0.169 e. The highest BCUT2D eigenvalue weighted by Gasteiger charge is 2.13. The minimum atomic E-state index is 0.826. The second-order valence-electron chi connectivity index (χ2n) is 4.27. The predicted molar refractivity (Wildman–Crippen MR) is 80.7 cm³/mol. The van der Waals surface area contributed by atoms with Crippen molar-refractivity contribution in [2.75, 3.05) is 0 Å². The standard InChI is InChI=1S/C17H14OS/c1-2-8-15-14-11-6-7-12-16(14)18-17(15)19-13-9-4-3-5-10-13/h2-7,9-12H,1,8H2. The van der Waals surface area contributed by atoms with E-state index in [9.17, 15) is 0 Å². The van der Waals surface area contributed by atoms with Crippen molar-refractivity contribution in [1.82, 2.24) is 0 Å². The number of hydrogen-bond acceptors (Lipinski definition) is 2. The summed E-state index contributed by atoms with van der Waals surface area (Å²) in [6, 6.07) is 18.4. The number of para-hydroxylation sites is 1. The van der Waals surface area contributed by atoms with Gasteiger partial charge in [0.15, 0.2) is 5.09 Å². The average Bonchev–Trinajstić information content (AvgIpc) is 2.79. The van der Waals surface area contributed by atoms with Crippen LogP contribution in [-0.2, 0) is 6.42 Å². The van der Waals surface area contributed by atoms with E-state index in [1.54, 1.807) is 11.8 Å². The molecule has 0 saturated heterocycles. The van der Waals surface area contributed by atoms with Crippen LogP contribution in [0.1, 0.15) is 5.56 Å². The van der Waals surface area contributed by atoms with Gasteiger partial charge in [0, 0.05) is 15.8 Å². The van der Waals surface area contributed by atoms with Crippen LogP contribution >= 0.6 is 11.8 Å². The van der Waals surface area contributed by atoms with E-state index in [0.717, 1.165) is 17.1 Å². The highest BCUT2D eigenvalue weighted by atomic mass is 32.2. The molecule has 0 aliphatic heterocycles. The molecule has 0 radical (unpaired) electrons. The average molecular weight is 266 g/mol. The summed E-state index contributed by atoms with van der Waals surface area (Å²) in [5.41, 5.74) is 2.16. The molecule has 0 atom stereocenters. The van der Waals surface area contributed by atoms with Crippen molar-refractivity contribution >= 4 is 22.7 Å². The van der Waals surface area contributed by atoms with E-state index in [2.05, 4.69) is 24.8 Å². The monoisotopic (exact) mass is 266 g/mol. The molecule has 0 unspecified atom stereocenters. The van der Waals surface area contributed by atoms with E-state index < -0.39 is 0 Å². The van der Waals surface area contributed by atoms with Gasteiger partial charge < -0.3 is 4.42 Å². The lowest BCUT2D eigenvalue weighted by atomic mass is 10.1. The Balaban J connectivity index is 2.07. The highest BCUT2D eigenvalue weighted by molar-refractivity contribution is 7.99. The Morgan fingerprint density at radius 1 is 1.00 bits per heavy atom. The molecule has 0 bridgehead atoms. The summed E-state index contributed by atoms with van der Waals surface area (Å²) in [5.74, 6) is 0. The lowest BCUT2D eigenvalue weighted by Crippen LogP contribution is -1.81. The molecule has 0 amide bonds. The maximum absolute atomic E-state index is 5.97. The number of furan rings is 1. The van der Waals surface area contributed by atoms with Crippen molar-refractivity contribution in [3.8, 4) is 0 Å². The summed E-state index contributed by atoms with van der Waals surface area (Å²) in [5, 5.41) is 2.15. The van der Waals surface area contributed by atoms with Gasteiger partial charge in [-0.25, -0.2) is 0 Å². The topological polar surface area (TPSA) is 13.1 Å². The van der Waals surface area contributed by atoms with Crippen molar-refractivity contribution in [2.24, 2.45) is 0 Å². The van der Waals surface area contributed by atoms with Gasteiger partial charge >= 0.3 is 0 Å². The molecule has 3 aromatic rings. The van der Waals surface area contributed by atoms with Crippen LogP contribution in [-0.4, -0.2) is 0 Å². The summed E-state index contributed by atoms with van der Waals surface area (Å²) >= 11 is 1.67. The molecule has 2 heteroatoms. The van der Waals surface area contributed by atoms with Crippen LogP contribution in [0.5, 0.6) is 0 Å². The third-order valence-corrected chi connectivity index (χ3v) is 3.99. The normalized spacial score (nSPS) is 10.7. The minimum Gasteiger partial charge on any atom is -0.449 e. The van der Waals surface area contributed by atoms with Crippen LogP contribution in [0.15, 0.2) is 81.7 Å². The Kier molecular flexibility index (Phi) is 3.43. The molecule has 1 heterocycles. The molecule has 94 valence electrons. The molecule has 1 nitrogen and oxygen atoms in total. The molecule has 19 heavy (non-hydrogen) atoms. The van der Waals surface area contributed by atoms with Gasteiger partial charge in [-0.15, -0.1) is 6.58 Å². The summed E-state index contributed by atoms with van der Waals surface area (Å²) < 4.78 is 5.97. The van der Waals surface area contributed by atoms with Gasteiger partial charge in [0.2, 0.25) is 0 Å². The van der Waals surface area contributed by atoms with Gasteiger partial charge in [0.25, 0.3) is 0 Å². The number of rotatable bonds is 4. The first-order chi connectivity index (χ1) is 9.38. The zero-order valence-electron chi connectivity index (χ0n) is 10.5. The largest absolute Gasteiger partial charge is 0.449 e. The van der Waals surface area contributed by atoms with Gasteiger partial charge in [-0.1, -0.05) is 54.2 Å². The molecule has 0 N–H and O–H groups in total. The van der Waals surface area contributed by atoms with Crippen LogP contribution in [0.2, 0.25) is 0 Å². The summed E-state index contributed by atoms with van der Waals surface area (Å²) in [7, 11) is 0. The fraction of sp³-hybridized carbons (Fsp3) is 0.0588. The Morgan fingerprint density at radius 2 is 1.74 bits per heavy atom.